The van der Waals surface area contributed by atoms with Gasteiger partial charge in [-0.2, -0.15) is 13.2 Å². The highest BCUT2D eigenvalue weighted by molar-refractivity contribution is 5.78. The van der Waals surface area contributed by atoms with Crippen molar-refractivity contribution in [2.75, 3.05) is 32.7 Å². The van der Waals surface area contributed by atoms with Crippen molar-refractivity contribution in [1.29, 1.82) is 0 Å². The van der Waals surface area contributed by atoms with Crippen molar-refractivity contribution in [1.82, 2.24) is 9.80 Å². The van der Waals surface area contributed by atoms with E-state index in [9.17, 15) is 18.0 Å². The Morgan fingerprint density at radius 2 is 2.05 bits per heavy atom. The summed E-state index contributed by atoms with van der Waals surface area (Å²) < 4.78 is 37.5. The van der Waals surface area contributed by atoms with Crippen LogP contribution < -0.4 is 5.73 Å². The number of hydrogen-bond acceptors (Lipinski definition) is 3. The molecule has 0 bridgehead atoms. The van der Waals surface area contributed by atoms with Crippen molar-refractivity contribution < 1.29 is 18.0 Å². The quantitative estimate of drug-likeness (QED) is 0.835. The summed E-state index contributed by atoms with van der Waals surface area (Å²) in [7, 11) is 0. The van der Waals surface area contributed by atoms with E-state index in [1.54, 1.807) is 13.8 Å². The molecule has 1 heterocycles. The number of nitrogens with two attached hydrogens (primary N) is 1. The molecule has 1 amide bonds. The maximum absolute atomic E-state index is 12.5. The minimum Gasteiger partial charge on any atom is -0.330 e. The molecule has 0 radical (unpaired) electrons. The van der Waals surface area contributed by atoms with E-state index in [1.165, 1.54) is 0 Å². The van der Waals surface area contributed by atoms with Crippen LogP contribution in [0.4, 0.5) is 13.2 Å². The van der Waals surface area contributed by atoms with Crippen LogP contribution in [0.2, 0.25) is 0 Å². The van der Waals surface area contributed by atoms with E-state index < -0.39 is 24.7 Å². The van der Waals surface area contributed by atoms with Crippen LogP contribution in [0.5, 0.6) is 0 Å². The minimum atomic E-state index is -4.36. The van der Waals surface area contributed by atoms with Gasteiger partial charge in [0.15, 0.2) is 0 Å². The third kappa shape index (κ3) is 4.94. The average molecular weight is 295 g/mol. The lowest BCUT2D eigenvalue weighted by atomic mass is 9.90. The summed E-state index contributed by atoms with van der Waals surface area (Å²) in [4.78, 5) is 14.8. The summed E-state index contributed by atoms with van der Waals surface area (Å²) in [5, 5.41) is 0. The molecular formula is C13H24F3N3O. The van der Waals surface area contributed by atoms with Gasteiger partial charge in [-0.25, -0.2) is 0 Å². The smallest absolute Gasteiger partial charge is 0.330 e. The Balaban J connectivity index is 2.60. The normalized spacial score (nSPS) is 24.4. The van der Waals surface area contributed by atoms with Gasteiger partial charge in [0.1, 0.15) is 6.54 Å². The third-order valence-corrected chi connectivity index (χ3v) is 3.78. The van der Waals surface area contributed by atoms with Crippen LogP contribution in [0.3, 0.4) is 0 Å². The molecule has 0 saturated carbocycles. The molecule has 1 unspecified atom stereocenters. The molecule has 0 spiro atoms. The fraction of sp³-hybridized carbons (Fsp3) is 0.923. The van der Waals surface area contributed by atoms with Crippen LogP contribution in [0.25, 0.3) is 0 Å². The molecule has 1 rings (SSSR count). The SMILES string of the molecule is CC(C)N(CC(F)(F)F)C(=O)CN1CCC(C)(CN)C1. The number of carbonyl (C=O) groups excluding carboxylic acids is 1. The molecule has 1 aliphatic heterocycles. The standard InChI is InChI=1S/C13H24F3N3O/c1-10(2)19(9-13(14,15)16)11(20)6-18-5-4-12(3,7-17)8-18/h10H,4-9,17H2,1-3H3. The fourth-order valence-electron chi connectivity index (χ4n) is 2.46. The predicted molar refractivity (Wildman–Crippen MR) is 71.1 cm³/mol. The maximum atomic E-state index is 12.5. The predicted octanol–water partition coefficient (Wildman–Crippen LogP) is 1.46. The van der Waals surface area contributed by atoms with E-state index in [0.717, 1.165) is 11.3 Å². The van der Waals surface area contributed by atoms with Gasteiger partial charge in [0, 0.05) is 12.6 Å². The van der Waals surface area contributed by atoms with Crippen LogP contribution in [0, 0.1) is 5.41 Å². The molecule has 1 saturated heterocycles. The summed E-state index contributed by atoms with van der Waals surface area (Å²) in [5.41, 5.74) is 5.65. The van der Waals surface area contributed by atoms with Gasteiger partial charge in [-0.15, -0.1) is 0 Å². The van der Waals surface area contributed by atoms with E-state index in [2.05, 4.69) is 0 Å². The van der Waals surface area contributed by atoms with Crippen molar-refractivity contribution in [3.05, 3.63) is 0 Å². The first-order valence-corrected chi connectivity index (χ1v) is 6.85. The fourth-order valence-corrected chi connectivity index (χ4v) is 2.46. The number of rotatable bonds is 5. The van der Waals surface area contributed by atoms with Gasteiger partial charge in [-0.05, 0) is 38.8 Å². The average Bonchev–Trinajstić information content (AvgIpc) is 2.67. The van der Waals surface area contributed by atoms with E-state index >= 15 is 0 Å². The molecule has 2 N–H and O–H groups in total. The topological polar surface area (TPSA) is 49.6 Å². The number of hydrogen-bond donors (Lipinski definition) is 1. The van der Waals surface area contributed by atoms with Gasteiger partial charge in [0.2, 0.25) is 5.91 Å². The molecule has 0 aromatic heterocycles. The van der Waals surface area contributed by atoms with Gasteiger partial charge < -0.3 is 10.6 Å². The second kappa shape index (κ2) is 6.30. The number of halogens is 3. The molecule has 0 aromatic rings. The van der Waals surface area contributed by atoms with Crippen LogP contribution in [0.15, 0.2) is 0 Å². The molecule has 1 fully saturated rings. The van der Waals surface area contributed by atoms with Gasteiger partial charge in [0.25, 0.3) is 0 Å². The number of likely N-dealkylation sites (tertiary alicyclic amines) is 1. The summed E-state index contributed by atoms with van der Waals surface area (Å²) in [6, 6.07) is -0.465. The van der Waals surface area contributed by atoms with Crippen LogP contribution >= 0.6 is 0 Å². The lowest BCUT2D eigenvalue weighted by Gasteiger charge is -2.30. The Hall–Kier alpha value is -0.820. The summed E-state index contributed by atoms with van der Waals surface area (Å²) in [6.45, 7) is 5.96. The first kappa shape index (κ1) is 17.2. The van der Waals surface area contributed by atoms with Crippen LogP contribution in [-0.2, 0) is 4.79 Å². The molecule has 4 nitrogen and oxygen atoms in total. The second-order valence-electron chi connectivity index (χ2n) is 6.21. The Bertz CT molecular complexity index is 346. The molecule has 1 atom stereocenters. The minimum absolute atomic E-state index is 0.0316. The second-order valence-corrected chi connectivity index (χ2v) is 6.21. The Morgan fingerprint density at radius 1 is 1.45 bits per heavy atom. The number of nitrogens with zero attached hydrogens (tertiary/aromatic N) is 2. The van der Waals surface area contributed by atoms with Gasteiger partial charge >= 0.3 is 6.18 Å². The molecule has 1 aliphatic rings. The molecule has 0 aromatic carbocycles. The molecule has 7 heteroatoms. The molecule has 0 aliphatic carbocycles. The largest absolute Gasteiger partial charge is 0.406 e. The van der Waals surface area contributed by atoms with E-state index in [1.807, 2.05) is 11.8 Å². The number of amides is 1. The molecular weight excluding hydrogens is 271 g/mol. The Morgan fingerprint density at radius 3 is 2.45 bits per heavy atom. The zero-order valence-corrected chi connectivity index (χ0v) is 12.3. The van der Waals surface area contributed by atoms with Gasteiger partial charge in [-0.1, -0.05) is 6.92 Å². The van der Waals surface area contributed by atoms with E-state index in [-0.39, 0.29) is 12.0 Å². The molecule has 118 valence electrons. The summed E-state index contributed by atoms with van der Waals surface area (Å²) >= 11 is 0. The number of alkyl halides is 3. The zero-order valence-electron chi connectivity index (χ0n) is 12.3. The van der Waals surface area contributed by atoms with Gasteiger partial charge in [-0.3, -0.25) is 9.69 Å². The van der Waals surface area contributed by atoms with E-state index in [0.29, 0.717) is 19.6 Å². The van der Waals surface area contributed by atoms with Crippen molar-refractivity contribution in [3.63, 3.8) is 0 Å². The summed E-state index contributed by atoms with van der Waals surface area (Å²) in [5.74, 6) is -0.474. The van der Waals surface area contributed by atoms with Gasteiger partial charge in [0.05, 0.1) is 6.54 Å². The monoisotopic (exact) mass is 295 g/mol. The van der Waals surface area contributed by atoms with Crippen LogP contribution in [0.1, 0.15) is 27.2 Å². The third-order valence-electron chi connectivity index (χ3n) is 3.78. The Kier molecular flexibility index (Phi) is 5.43. The van der Waals surface area contributed by atoms with E-state index in [4.69, 9.17) is 5.73 Å². The Labute approximate surface area is 118 Å². The zero-order chi connectivity index (χ0) is 15.6. The highest BCUT2D eigenvalue weighted by Crippen LogP contribution is 2.28. The maximum Gasteiger partial charge on any atom is 0.406 e. The van der Waals surface area contributed by atoms with Crippen molar-refractivity contribution >= 4 is 5.91 Å². The first-order valence-electron chi connectivity index (χ1n) is 6.85. The molecule has 20 heavy (non-hydrogen) atoms. The number of carbonyl (C=O) groups is 1. The lowest BCUT2D eigenvalue weighted by molar-refractivity contribution is -0.165. The summed E-state index contributed by atoms with van der Waals surface area (Å²) in [6.07, 6.45) is -3.49. The first-order chi connectivity index (χ1) is 9.06. The van der Waals surface area contributed by atoms with Crippen LogP contribution in [-0.4, -0.2) is 60.6 Å². The lowest BCUT2D eigenvalue weighted by Crippen LogP contribution is -2.47. The van der Waals surface area contributed by atoms with Crippen molar-refractivity contribution in [3.8, 4) is 0 Å². The van der Waals surface area contributed by atoms with Crippen molar-refractivity contribution in [2.45, 2.75) is 39.4 Å². The van der Waals surface area contributed by atoms with Crippen molar-refractivity contribution in [2.24, 2.45) is 11.1 Å². The highest BCUT2D eigenvalue weighted by Gasteiger charge is 2.37. The highest BCUT2D eigenvalue weighted by atomic mass is 19.4.